The van der Waals surface area contributed by atoms with Gasteiger partial charge in [0.1, 0.15) is 10.0 Å². The molecule has 0 aliphatic carbocycles. The zero-order valence-corrected chi connectivity index (χ0v) is 12.7. The topological polar surface area (TPSA) is 102 Å². The van der Waals surface area contributed by atoms with Gasteiger partial charge in [-0.3, -0.25) is 9.52 Å². The van der Waals surface area contributed by atoms with E-state index in [0.717, 1.165) is 6.20 Å². The molecule has 1 heterocycles. The number of benzene rings is 1. The van der Waals surface area contributed by atoms with Crippen molar-refractivity contribution in [2.24, 2.45) is 5.73 Å². The van der Waals surface area contributed by atoms with Gasteiger partial charge in [-0.2, -0.15) is 0 Å². The average Bonchev–Trinajstić information content (AvgIpc) is 2.38. The summed E-state index contributed by atoms with van der Waals surface area (Å²) in [6, 6.07) is 6.69. The lowest BCUT2D eigenvalue weighted by Gasteiger charge is -2.09. The molecule has 0 unspecified atom stereocenters. The maximum absolute atomic E-state index is 12.1. The van der Waals surface area contributed by atoms with Crippen LogP contribution in [0.3, 0.4) is 0 Å². The summed E-state index contributed by atoms with van der Waals surface area (Å²) in [7, 11) is -3.83. The minimum Gasteiger partial charge on any atom is -0.366 e. The highest BCUT2D eigenvalue weighted by Gasteiger charge is 2.16. The van der Waals surface area contributed by atoms with E-state index in [0.29, 0.717) is 0 Å². The molecular weight excluding hydrogens is 337 g/mol. The zero-order valence-electron chi connectivity index (χ0n) is 10.4. The summed E-state index contributed by atoms with van der Waals surface area (Å²) >= 11 is 11.5. The van der Waals surface area contributed by atoms with Crippen molar-refractivity contribution in [3.63, 3.8) is 0 Å². The Morgan fingerprint density at radius 1 is 1.19 bits per heavy atom. The number of pyridine rings is 1. The third-order valence-corrected chi connectivity index (χ3v) is 4.40. The number of aromatic nitrogens is 1. The van der Waals surface area contributed by atoms with E-state index in [9.17, 15) is 13.2 Å². The Kier molecular flexibility index (Phi) is 4.36. The van der Waals surface area contributed by atoms with Crippen molar-refractivity contribution in [3.05, 3.63) is 52.3 Å². The van der Waals surface area contributed by atoms with Crippen LogP contribution in [0.2, 0.25) is 10.2 Å². The highest BCUT2D eigenvalue weighted by Crippen LogP contribution is 2.23. The van der Waals surface area contributed by atoms with Gasteiger partial charge < -0.3 is 5.73 Å². The Hall–Kier alpha value is -1.83. The Bertz CT molecular complexity index is 792. The molecule has 0 bridgehead atoms. The first-order valence-corrected chi connectivity index (χ1v) is 7.77. The summed E-state index contributed by atoms with van der Waals surface area (Å²) in [5.74, 6) is -0.698. The molecule has 2 rings (SSSR count). The maximum Gasteiger partial charge on any atom is 0.263 e. The van der Waals surface area contributed by atoms with Gasteiger partial charge in [0, 0.05) is 6.20 Å². The van der Waals surface area contributed by atoms with Crippen LogP contribution < -0.4 is 10.5 Å². The van der Waals surface area contributed by atoms with Crippen molar-refractivity contribution in [3.8, 4) is 0 Å². The predicted molar refractivity (Wildman–Crippen MR) is 80.0 cm³/mol. The number of sulfonamides is 1. The van der Waals surface area contributed by atoms with E-state index in [-0.39, 0.29) is 26.3 Å². The summed E-state index contributed by atoms with van der Waals surface area (Å²) < 4.78 is 26.5. The second-order valence-corrected chi connectivity index (χ2v) is 6.46. The van der Waals surface area contributed by atoms with E-state index in [4.69, 9.17) is 28.9 Å². The van der Waals surface area contributed by atoms with Crippen LogP contribution in [0.25, 0.3) is 0 Å². The highest BCUT2D eigenvalue weighted by atomic mass is 35.5. The van der Waals surface area contributed by atoms with E-state index in [2.05, 4.69) is 9.71 Å². The Morgan fingerprint density at radius 3 is 2.43 bits per heavy atom. The van der Waals surface area contributed by atoms with Gasteiger partial charge in [0.15, 0.2) is 0 Å². The standard InChI is InChI=1S/C12H9Cl2N3O3S/c13-10-5-7(1-3-9(10)12(15)18)17-21(19,20)8-2-4-11(14)16-6-8/h1-6,17H,(H2,15,18). The number of carbonyl (C=O) groups excluding carboxylic acids is 1. The molecule has 9 heteroatoms. The molecule has 0 saturated carbocycles. The first-order valence-electron chi connectivity index (χ1n) is 5.53. The van der Waals surface area contributed by atoms with Crippen molar-refractivity contribution >= 4 is 44.8 Å². The van der Waals surface area contributed by atoms with Crippen LogP contribution in [0.1, 0.15) is 10.4 Å². The van der Waals surface area contributed by atoms with E-state index in [1.165, 1.54) is 30.3 Å². The van der Waals surface area contributed by atoms with Gasteiger partial charge in [0.25, 0.3) is 10.0 Å². The van der Waals surface area contributed by atoms with Gasteiger partial charge in [0.2, 0.25) is 5.91 Å². The van der Waals surface area contributed by atoms with Crippen molar-refractivity contribution in [2.45, 2.75) is 4.90 Å². The fraction of sp³-hybridized carbons (Fsp3) is 0. The fourth-order valence-electron chi connectivity index (χ4n) is 1.51. The number of primary amides is 1. The Balaban J connectivity index is 2.31. The molecular formula is C12H9Cl2N3O3S. The molecule has 1 aromatic carbocycles. The van der Waals surface area contributed by atoms with Gasteiger partial charge in [-0.05, 0) is 30.3 Å². The zero-order chi connectivity index (χ0) is 15.6. The summed E-state index contributed by atoms with van der Waals surface area (Å²) in [6.45, 7) is 0. The molecule has 0 aliphatic rings. The summed E-state index contributed by atoms with van der Waals surface area (Å²) in [5.41, 5.74) is 5.41. The molecule has 21 heavy (non-hydrogen) atoms. The predicted octanol–water partition coefficient (Wildman–Crippen LogP) is 2.29. The Morgan fingerprint density at radius 2 is 1.90 bits per heavy atom. The first-order chi connectivity index (χ1) is 9.79. The molecule has 110 valence electrons. The fourth-order valence-corrected chi connectivity index (χ4v) is 2.89. The van der Waals surface area contributed by atoms with Crippen molar-refractivity contribution in [1.82, 2.24) is 4.98 Å². The smallest absolute Gasteiger partial charge is 0.263 e. The van der Waals surface area contributed by atoms with Gasteiger partial charge in [0.05, 0.1) is 16.3 Å². The lowest BCUT2D eigenvalue weighted by atomic mass is 10.2. The first kappa shape index (κ1) is 15.6. The van der Waals surface area contributed by atoms with Crippen molar-refractivity contribution < 1.29 is 13.2 Å². The molecule has 6 nitrogen and oxygen atoms in total. The third-order valence-electron chi connectivity index (χ3n) is 2.50. The number of nitrogens with zero attached hydrogens (tertiary/aromatic N) is 1. The minimum absolute atomic E-state index is 0.0527. The molecule has 0 saturated heterocycles. The molecule has 0 radical (unpaired) electrons. The van der Waals surface area contributed by atoms with Crippen molar-refractivity contribution in [1.29, 1.82) is 0 Å². The molecule has 0 fully saturated rings. The highest BCUT2D eigenvalue weighted by molar-refractivity contribution is 7.92. The van der Waals surface area contributed by atoms with Gasteiger partial charge in [-0.15, -0.1) is 0 Å². The second kappa shape index (κ2) is 5.88. The van der Waals surface area contributed by atoms with E-state index in [1.54, 1.807) is 0 Å². The van der Waals surface area contributed by atoms with Crippen LogP contribution in [-0.2, 0) is 10.0 Å². The quantitative estimate of drug-likeness (QED) is 0.829. The third kappa shape index (κ3) is 3.63. The number of halogens is 2. The number of anilines is 1. The Labute approximate surface area is 130 Å². The van der Waals surface area contributed by atoms with Gasteiger partial charge in [-0.1, -0.05) is 23.2 Å². The van der Waals surface area contributed by atoms with E-state index < -0.39 is 15.9 Å². The monoisotopic (exact) mass is 345 g/mol. The summed E-state index contributed by atoms with van der Waals surface area (Å²) in [4.78, 5) is 14.7. The number of nitrogens with two attached hydrogens (primary N) is 1. The maximum atomic E-state index is 12.1. The van der Waals surface area contributed by atoms with Crippen LogP contribution in [-0.4, -0.2) is 19.3 Å². The second-order valence-electron chi connectivity index (χ2n) is 3.98. The average molecular weight is 346 g/mol. The molecule has 1 aromatic heterocycles. The molecule has 0 atom stereocenters. The largest absolute Gasteiger partial charge is 0.366 e. The number of hydrogen-bond acceptors (Lipinski definition) is 4. The van der Waals surface area contributed by atoms with Gasteiger partial charge in [-0.25, -0.2) is 13.4 Å². The lowest BCUT2D eigenvalue weighted by Crippen LogP contribution is -2.14. The van der Waals surface area contributed by atoms with E-state index in [1.807, 2.05) is 0 Å². The van der Waals surface area contributed by atoms with Crippen molar-refractivity contribution in [2.75, 3.05) is 4.72 Å². The molecule has 0 spiro atoms. The molecule has 2 aromatic rings. The summed E-state index contributed by atoms with van der Waals surface area (Å²) in [6.07, 6.45) is 1.13. The SMILES string of the molecule is NC(=O)c1ccc(NS(=O)(=O)c2ccc(Cl)nc2)cc1Cl. The minimum atomic E-state index is -3.83. The normalized spacial score (nSPS) is 11.1. The summed E-state index contributed by atoms with van der Waals surface area (Å²) in [5, 5.41) is 0.236. The number of nitrogens with one attached hydrogen (secondary N) is 1. The van der Waals surface area contributed by atoms with Gasteiger partial charge >= 0.3 is 0 Å². The number of rotatable bonds is 4. The molecule has 3 N–H and O–H groups in total. The van der Waals surface area contributed by atoms with Crippen LogP contribution in [0.5, 0.6) is 0 Å². The van der Waals surface area contributed by atoms with Crippen LogP contribution >= 0.6 is 23.2 Å². The lowest BCUT2D eigenvalue weighted by molar-refractivity contribution is 0.100. The molecule has 0 aliphatic heterocycles. The number of amides is 1. The van der Waals surface area contributed by atoms with E-state index >= 15 is 0 Å². The van der Waals surface area contributed by atoms with Crippen LogP contribution in [0.15, 0.2) is 41.4 Å². The number of carbonyl (C=O) groups is 1. The molecule has 1 amide bonds. The van der Waals surface area contributed by atoms with Crippen LogP contribution in [0.4, 0.5) is 5.69 Å². The van der Waals surface area contributed by atoms with Crippen LogP contribution in [0, 0.1) is 0 Å². The number of hydrogen-bond donors (Lipinski definition) is 2.